The van der Waals surface area contributed by atoms with Crippen LogP contribution in [-0.4, -0.2) is 40.6 Å². The quantitative estimate of drug-likeness (QED) is 0.824. The van der Waals surface area contributed by atoms with Crippen molar-refractivity contribution in [2.24, 2.45) is 0 Å². The summed E-state index contributed by atoms with van der Waals surface area (Å²) in [5.74, 6) is 1.84. The number of piperidine rings is 1. The van der Waals surface area contributed by atoms with Crippen molar-refractivity contribution in [3.63, 3.8) is 0 Å². The van der Waals surface area contributed by atoms with E-state index in [1.54, 1.807) is 11.3 Å². The topological polar surface area (TPSA) is 80.0 Å². The van der Waals surface area contributed by atoms with Gasteiger partial charge in [-0.2, -0.15) is 4.98 Å². The first-order valence-electron chi connectivity index (χ1n) is 9.05. The highest BCUT2D eigenvalue weighted by atomic mass is 32.1. The molecule has 0 radical (unpaired) electrons. The van der Waals surface area contributed by atoms with Crippen LogP contribution in [0.15, 0.2) is 11.4 Å². The molecule has 3 N–H and O–H groups in total. The van der Waals surface area contributed by atoms with E-state index in [0.717, 1.165) is 50.4 Å². The van der Waals surface area contributed by atoms with Gasteiger partial charge in [-0.25, -0.2) is 9.97 Å². The molecule has 136 valence electrons. The Morgan fingerprint density at radius 2 is 2.04 bits per heavy atom. The molecule has 1 saturated heterocycles. The standard InChI is InChI=1S/C18H28N6S/c1-12(2)17-22-15(11-25-17)4-7-20-14-5-8-24(9-6-14)16-10-13(3)21-18(19)23-16/h10-12,14,20H,4-9H2,1-3H3,(H2,19,21,23). The molecule has 1 fully saturated rings. The Kier molecular flexibility index (Phi) is 5.86. The van der Waals surface area contributed by atoms with Crippen molar-refractivity contribution in [2.75, 3.05) is 30.3 Å². The number of nitrogens with two attached hydrogens (primary N) is 1. The molecule has 0 unspecified atom stereocenters. The number of nitrogens with one attached hydrogen (secondary N) is 1. The van der Waals surface area contributed by atoms with E-state index in [2.05, 4.69) is 39.4 Å². The number of aryl methyl sites for hydroxylation is 1. The van der Waals surface area contributed by atoms with E-state index in [0.29, 0.717) is 17.9 Å². The molecule has 25 heavy (non-hydrogen) atoms. The van der Waals surface area contributed by atoms with Gasteiger partial charge in [0.15, 0.2) is 0 Å². The van der Waals surface area contributed by atoms with Crippen molar-refractivity contribution in [2.45, 2.75) is 52.0 Å². The molecular weight excluding hydrogens is 332 g/mol. The van der Waals surface area contributed by atoms with Gasteiger partial charge in [0.2, 0.25) is 5.95 Å². The number of thiazole rings is 1. The van der Waals surface area contributed by atoms with E-state index in [4.69, 9.17) is 10.7 Å². The maximum atomic E-state index is 5.77. The third kappa shape index (κ3) is 4.89. The van der Waals surface area contributed by atoms with Crippen molar-refractivity contribution >= 4 is 23.1 Å². The first-order valence-corrected chi connectivity index (χ1v) is 9.93. The minimum atomic E-state index is 0.360. The molecule has 3 rings (SSSR count). The first kappa shape index (κ1) is 18.1. The van der Waals surface area contributed by atoms with E-state index in [9.17, 15) is 0 Å². The van der Waals surface area contributed by atoms with Crippen LogP contribution in [0.3, 0.4) is 0 Å². The Labute approximate surface area is 153 Å². The van der Waals surface area contributed by atoms with Gasteiger partial charge in [0, 0.05) is 55.2 Å². The summed E-state index contributed by atoms with van der Waals surface area (Å²) >= 11 is 1.78. The largest absolute Gasteiger partial charge is 0.368 e. The minimum absolute atomic E-state index is 0.360. The highest BCUT2D eigenvalue weighted by molar-refractivity contribution is 7.09. The molecule has 1 aliphatic heterocycles. The number of aromatic nitrogens is 3. The zero-order chi connectivity index (χ0) is 17.8. The summed E-state index contributed by atoms with van der Waals surface area (Å²) in [6, 6.07) is 2.58. The Balaban J connectivity index is 1.43. The van der Waals surface area contributed by atoms with Gasteiger partial charge in [-0.3, -0.25) is 0 Å². The molecule has 3 heterocycles. The van der Waals surface area contributed by atoms with Crippen LogP contribution >= 0.6 is 11.3 Å². The van der Waals surface area contributed by atoms with E-state index in [1.807, 2.05) is 13.0 Å². The number of hydrogen-bond acceptors (Lipinski definition) is 7. The van der Waals surface area contributed by atoms with Crippen LogP contribution in [0.2, 0.25) is 0 Å². The molecule has 7 heteroatoms. The number of nitrogen functional groups attached to an aromatic ring is 1. The third-order valence-electron chi connectivity index (χ3n) is 4.55. The van der Waals surface area contributed by atoms with Gasteiger partial charge in [-0.1, -0.05) is 13.8 Å². The fourth-order valence-electron chi connectivity index (χ4n) is 3.16. The lowest BCUT2D eigenvalue weighted by atomic mass is 10.0. The second kappa shape index (κ2) is 8.10. The Morgan fingerprint density at radius 1 is 1.28 bits per heavy atom. The maximum absolute atomic E-state index is 5.77. The average molecular weight is 361 g/mol. The second-order valence-electron chi connectivity index (χ2n) is 7.02. The first-order chi connectivity index (χ1) is 12.0. The van der Waals surface area contributed by atoms with Crippen LogP contribution in [0, 0.1) is 6.92 Å². The van der Waals surface area contributed by atoms with Gasteiger partial charge in [0.05, 0.1) is 10.7 Å². The van der Waals surface area contributed by atoms with Crippen LogP contribution < -0.4 is 16.0 Å². The second-order valence-corrected chi connectivity index (χ2v) is 7.91. The number of anilines is 2. The smallest absolute Gasteiger partial charge is 0.222 e. The molecule has 2 aromatic rings. The summed E-state index contributed by atoms with van der Waals surface area (Å²) in [6.07, 6.45) is 3.25. The highest BCUT2D eigenvalue weighted by Gasteiger charge is 2.20. The fourth-order valence-corrected chi connectivity index (χ4v) is 4.03. The Hall–Kier alpha value is -1.73. The molecule has 0 spiro atoms. The van der Waals surface area contributed by atoms with Crippen LogP contribution in [0.1, 0.15) is 49.0 Å². The zero-order valence-electron chi connectivity index (χ0n) is 15.3. The Bertz CT molecular complexity index is 670. The van der Waals surface area contributed by atoms with E-state index < -0.39 is 0 Å². The summed E-state index contributed by atoms with van der Waals surface area (Å²) < 4.78 is 0. The summed E-state index contributed by atoms with van der Waals surface area (Å²) in [5, 5.41) is 7.12. The molecule has 0 bridgehead atoms. The molecule has 2 aromatic heterocycles. The summed E-state index contributed by atoms with van der Waals surface area (Å²) in [7, 11) is 0. The van der Waals surface area contributed by atoms with Crippen LogP contribution in [0.5, 0.6) is 0 Å². The van der Waals surface area contributed by atoms with Gasteiger partial charge in [0.25, 0.3) is 0 Å². The van der Waals surface area contributed by atoms with Crippen LogP contribution in [-0.2, 0) is 6.42 Å². The van der Waals surface area contributed by atoms with E-state index >= 15 is 0 Å². The van der Waals surface area contributed by atoms with Gasteiger partial charge in [-0.05, 0) is 19.8 Å². The predicted octanol–water partition coefficient (Wildman–Crippen LogP) is 2.75. The monoisotopic (exact) mass is 360 g/mol. The molecule has 0 atom stereocenters. The summed E-state index contributed by atoms with van der Waals surface area (Å²) in [5.41, 5.74) is 7.90. The minimum Gasteiger partial charge on any atom is -0.368 e. The highest BCUT2D eigenvalue weighted by Crippen LogP contribution is 2.20. The average Bonchev–Trinajstić information content (AvgIpc) is 3.04. The molecular formula is C18H28N6S. The van der Waals surface area contributed by atoms with Gasteiger partial charge >= 0.3 is 0 Å². The number of rotatable bonds is 6. The van der Waals surface area contributed by atoms with Crippen molar-refractivity contribution < 1.29 is 0 Å². The summed E-state index contributed by atoms with van der Waals surface area (Å²) in [4.78, 5) is 15.5. The molecule has 0 aliphatic carbocycles. The lowest BCUT2D eigenvalue weighted by molar-refractivity contribution is 0.415. The molecule has 0 aromatic carbocycles. The van der Waals surface area contributed by atoms with Crippen molar-refractivity contribution in [1.29, 1.82) is 0 Å². The molecule has 6 nitrogen and oxygen atoms in total. The third-order valence-corrected chi connectivity index (χ3v) is 5.75. The van der Waals surface area contributed by atoms with Gasteiger partial charge in [-0.15, -0.1) is 11.3 Å². The van der Waals surface area contributed by atoms with Gasteiger partial charge in [0.1, 0.15) is 5.82 Å². The van der Waals surface area contributed by atoms with Crippen molar-refractivity contribution in [1.82, 2.24) is 20.3 Å². The zero-order valence-corrected chi connectivity index (χ0v) is 16.1. The Morgan fingerprint density at radius 3 is 2.68 bits per heavy atom. The molecule has 0 amide bonds. The van der Waals surface area contributed by atoms with Crippen LogP contribution in [0.4, 0.5) is 11.8 Å². The van der Waals surface area contributed by atoms with E-state index in [1.165, 1.54) is 10.7 Å². The maximum Gasteiger partial charge on any atom is 0.222 e. The fraction of sp³-hybridized carbons (Fsp3) is 0.611. The van der Waals surface area contributed by atoms with Crippen LogP contribution in [0.25, 0.3) is 0 Å². The van der Waals surface area contributed by atoms with Crippen molar-refractivity contribution in [3.05, 3.63) is 27.8 Å². The normalized spacial score (nSPS) is 15.9. The summed E-state index contributed by atoms with van der Waals surface area (Å²) in [6.45, 7) is 9.34. The van der Waals surface area contributed by atoms with Crippen molar-refractivity contribution in [3.8, 4) is 0 Å². The molecule has 1 aliphatic rings. The number of nitrogens with zero attached hydrogens (tertiary/aromatic N) is 4. The lowest BCUT2D eigenvalue weighted by Gasteiger charge is -2.33. The SMILES string of the molecule is Cc1cc(N2CCC(NCCc3csc(C(C)C)n3)CC2)nc(N)n1. The predicted molar refractivity (Wildman–Crippen MR) is 104 cm³/mol. The number of hydrogen-bond donors (Lipinski definition) is 2. The lowest BCUT2D eigenvalue weighted by Crippen LogP contribution is -2.43. The van der Waals surface area contributed by atoms with E-state index in [-0.39, 0.29) is 0 Å². The van der Waals surface area contributed by atoms with Gasteiger partial charge < -0.3 is 16.0 Å². The molecule has 0 saturated carbocycles.